The Balaban J connectivity index is 2.46. The molecule has 0 aliphatic heterocycles. The number of tetrazole rings is 1. The van der Waals surface area contributed by atoms with Crippen LogP contribution in [0.1, 0.15) is 6.92 Å². The summed E-state index contributed by atoms with van der Waals surface area (Å²) in [6.45, 7) is 1.34. The van der Waals surface area contributed by atoms with E-state index in [1.54, 1.807) is 0 Å². The van der Waals surface area contributed by atoms with Crippen LogP contribution >= 0.6 is 0 Å². The van der Waals surface area contributed by atoms with Crippen molar-refractivity contribution >= 4 is 17.9 Å². The molecular formula is C6H10N6O3. The highest BCUT2D eigenvalue weighted by molar-refractivity contribution is 5.90. The van der Waals surface area contributed by atoms with Crippen LogP contribution < -0.4 is 10.6 Å². The SMILES string of the molecule is C[C@H](NC(=O)Nc1nnn(C)n1)C(=O)O. The van der Waals surface area contributed by atoms with E-state index in [1.165, 1.54) is 14.0 Å². The smallest absolute Gasteiger partial charge is 0.325 e. The van der Waals surface area contributed by atoms with Gasteiger partial charge in [-0.3, -0.25) is 10.1 Å². The quantitative estimate of drug-likeness (QED) is 0.581. The second-order valence-corrected chi connectivity index (χ2v) is 2.76. The molecule has 0 aliphatic rings. The van der Waals surface area contributed by atoms with Crippen LogP contribution in [0, 0.1) is 0 Å². The van der Waals surface area contributed by atoms with E-state index < -0.39 is 18.0 Å². The highest BCUT2D eigenvalue weighted by atomic mass is 16.4. The van der Waals surface area contributed by atoms with Crippen molar-refractivity contribution in [2.24, 2.45) is 7.05 Å². The minimum atomic E-state index is -1.13. The minimum absolute atomic E-state index is 0.00703. The highest BCUT2D eigenvalue weighted by Gasteiger charge is 2.14. The number of carbonyl (C=O) groups excluding carboxylic acids is 1. The molecule has 0 unspecified atom stereocenters. The fourth-order valence-corrected chi connectivity index (χ4v) is 0.730. The number of carboxylic acid groups (broad SMARTS) is 1. The average molecular weight is 214 g/mol. The number of rotatable bonds is 3. The van der Waals surface area contributed by atoms with Crippen molar-refractivity contribution in [1.82, 2.24) is 25.5 Å². The lowest BCUT2D eigenvalue weighted by molar-refractivity contribution is -0.138. The Labute approximate surface area is 84.5 Å². The van der Waals surface area contributed by atoms with Crippen molar-refractivity contribution < 1.29 is 14.7 Å². The second-order valence-electron chi connectivity index (χ2n) is 2.76. The van der Waals surface area contributed by atoms with Crippen molar-refractivity contribution in [2.75, 3.05) is 5.32 Å². The number of anilines is 1. The zero-order valence-corrected chi connectivity index (χ0v) is 8.13. The molecule has 0 radical (unpaired) electrons. The number of aryl methyl sites for hydroxylation is 1. The van der Waals surface area contributed by atoms with Crippen LogP contribution in [0.15, 0.2) is 0 Å². The Bertz CT molecular complexity index is 375. The van der Waals surface area contributed by atoms with Crippen LogP contribution in [0.5, 0.6) is 0 Å². The molecule has 82 valence electrons. The number of amides is 2. The summed E-state index contributed by atoms with van der Waals surface area (Å²) >= 11 is 0. The van der Waals surface area contributed by atoms with Crippen molar-refractivity contribution in [1.29, 1.82) is 0 Å². The lowest BCUT2D eigenvalue weighted by Gasteiger charge is -2.07. The van der Waals surface area contributed by atoms with Crippen molar-refractivity contribution in [3.05, 3.63) is 0 Å². The van der Waals surface area contributed by atoms with Crippen LogP contribution in [0.3, 0.4) is 0 Å². The van der Waals surface area contributed by atoms with Gasteiger partial charge in [0.15, 0.2) is 0 Å². The van der Waals surface area contributed by atoms with E-state index in [9.17, 15) is 9.59 Å². The molecule has 1 aromatic heterocycles. The summed E-state index contributed by atoms with van der Waals surface area (Å²) in [5, 5.41) is 23.6. The van der Waals surface area contributed by atoms with Crippen LogP contribution in [0.25, 0.3) is 0 Å². The molecule has 1 aromatic rings. The van der Waals surface area contributed by atoms with Gasteiger partial charge in [0.1, 0.15) is 6.04 Å². The number of nitrogens with zero attached hydrogens (tertiary/aromatic N) is 4. The highest BCUT2D eigenvalue weighted by Crippen LogP contribution is 1.92. The van der Waals surface area contributed by atoms with Gasteiger partial charge in [-0.2, -0.15) is 4.80 Å². The summed E-state index contributed by atoms with van der Waals surface area (Å²) in [5.41, 5.74) is 0. The van der Waals surface area contributed by atoms with E-state index in [0.29, 0.717) is 0 Å². The van der Waals surface area contributed by atoms with Gasteiger partial charge in [-0.15, -0.1) is 5.10 Å². The van der Waals surface area contributed by atoms with Gasteiger partial charge in [-0.25, -0.2) is 4.79 Å². The van der Waals surface area contributed by atoms with Crippen molar-refractivity contribution in [3.8, 4) is 0 Å². The molecular weight excluding hydrogens is 204 g/mol. The predicted octanol–water partition coefficient (Wildman–Crippen LogP) is -1.20. The van der Waals surface area contributed by atoms with Gasteiger partial charge in [0, 0.05) is 0 Å². The second kappa shape index (κ2) is 4.35. The number of urea groups is 1. The molecule has 2 amide bonds. The molecule has 0 saturated heterocycles. The van der Waals surface area contributed by atoms with Gasteiger partial charge >= 0.3 is 12.0 Å². The van der Waals surface area contributed by atoms with E-state index in [4.69, 9.17) is 5.11 Å². The number of carbonyl (C=O) groups is 2. The summed E-state index contributed by atoms with van der Waals surface area (Å²) in [6.07, 6.45) is 0. The molecule has 15 heavy (non-hydrogen) atoms. The molecule has 0 spiro atoms. The number of carboxylic acids is 1. The number of nitrogens with one attached hydrogen (secondary N) is 2. The molecule has 3 N–H and O–H groups in total. The molecule has 1 heterocycles. The molecule has 0 fully saturated rings. The largest absolute Gasteiger partial charge is 0.480 e. The van der Waals surface area contributed by atoms with Crippen molar-refractivity contribution in [3.63, 3.8) is 0 Å². The molecule has 0 aromatic carbocycles. The summed E-state index contributed by atoms with van der Waals surface area (Å²) in [4.78, 5) is 22.7. The molecule has 0 saturated carbocycles. The van der Waals surface area contributed by atoms with Crippen LogP contribution in [-0.2, 0) is 11.8 Å². The molecule has 0 bridgehead atoms. The van der Waals surface area contributed by atoms with Crippen LogP contribution in [0.2, 0.25) is 0 Å². The Morgan fingerprint density at radius 1 is 1.53 bits per heavy atom. The third-order valence-electron chi connectivity index (χ3n) is 1.45. The lowest BCUT2D eigenvalue weighted by Crippen LogP contribution is -2.41. The summed E-state index contributed by atoms with van der Waals surface area (Å²) in [7, 11) is 1.54. The van der Waals surface area contributed by atoms with Gasteiger partial charge in [0.2, 0.25) is 0 Å². The number of aliphatic carboxylic acids is 1. The van der Waals surface area contributed by atoms with Gasteiger partial charge in [-0.05, 0) is 12.1 Å². The van der Waals surface area contributed by atoms with Crippen LogP contribution in [0.4, 0.5) is 10.7 Å². The summed E-state index contributed by atoms with van der Waals surface area (Å²) in [5.74, 6) is -1.12. The first-order valence-electron chi connectivity index (χ1n) is 4.03. The maximum Gasteiger partial charge on any atom is 0.325 e. The lowest BCUT2D eigenvalue weighted by atomic mass is 10.3. The third-order valence-corrected chi connectivity index (χ3v) is 1.45. The Morgan fingerprint density at radius 2 is 2.20 bits per heavy atom. The fourth-order valence-electron chi connectivity index (χ4n) is 0.730. The monoisotopic (exact) mass is 214 g/mol. The van der Waals surface area contributed by atoms with E-state index in [2.05, 4.69) is 26.0 Å². The summed E-state index contributed by atoms with van der Waals surface area (Å²) in [6, 6.07) is -1.68. The fraction of sp³-hybridized carbons (Fsp3) is 0.500. The van der Waals surface area contributed by atoms with Crippen molar-refractivity contribution in [2.45, 2.75) is 13.0 Å². The zero-order chi connectivity index (χ0) is 11.4. The predicted molar refractivity (Wildman–Crippen MR) is 48.1 cm³/mol. The van der Waals surface area contributed by atoms with E-state index in [1.807, 2.05) is 0 Å². The Morgan fingerprint density at radius 3 is 2.67 bits per heavy atom. The first kappa shape index (κ1) is 10.9. The first-order valence-corrected chi connectivity index (χ1v) is 4.03. The van der Waals surface area contributed by atoms with Gasteiger partial charge in [0.05, 0.1) is 7.05 Å². The Hall–Kier alpha value is -2.19. The molecule has 1 atom stereocenters. The number of hydrogen-bond donors (Lipinski definition) is 3. The number of hydrogen-bond acceptors (Lipinski definition) is 5. The molecule has 0 aliphatic carbocycles. The number of aromatic nitrogens is 4. The summed E-state index contributed by atoms with van der Waals surface area (Å²) < 4.78 is 0. The van der Waals surface area contributed by atoms with E-state index in [0.717, 1.165) is 4.80 Å². The Kier molecular flexibility index (Phi) is 3.16. The van der Waals surface area contributed by atoms with E-state index in [-0.39, 0.29) is 5.95 Å². The maximum absolute atomic E-state index is 11.1. The topological polar surface area (TPSA) is 122 Å². The maximum atomic E-state index is 11.1. The molecule has 9 heteroatoms. The molecule has 9 nitrogen and oxygen atoms in total. The third kappa shape index (κ3) is 3.21. The van der Waals surface area contributed by atoms with Gasteiger partial charge in [0.25, 0.3) is 5.95 Å². The van der Waals surface area contributed by atoms with Gasteiger partial charge < -0.3 is 10.4 Å². The average Bonchev–Trinajstić information content (AvgIpc) is 2.50. The van der Waals surface area contributed by atoms with Gasteiger partial charge in [-0.1, -0.05) is 5.10 Å². The normalized spacial score (nSPS) is 11.9. The zero-order valence-electron chi connectivity index (χ0n) is 8.13. The first-order chi connectivity index (χ1) is 6.99. The minimum Gasteiger partial charge on any atom is -0.480 e. The van der Waals surface area contributed by atoms with E-state index >= 15 is 0 Å². The molecule has 1 rings (SSSR count). The van der Waals surface area contributed by atoms with Crippen LogP contribution in [-0.4, -0.2) is 43.4 Å². The standard InChI is InChI=1S/C6H10N6O3/c1-3(4(13)14)7-6(15)8-5-9-11-12(2)10-5/h3H,1-2H3,(H,13,14)(H2,7,8,10,15)/t3-/m0/s1.